The molecule has 2 aliphatic heterocycles. The van der Waals surface area contributed by atoms with Crippen LogP contribution in [0.4, 0.5) is 28.4 Å². The van der Waals surface area contributed by atoms with E-state index < -0.39 is 0 Å². The van der Waals surface area contributed by atoms with Gasteiger partial charge in [0.15, 0.2) is 0 Å². The van der Waals surface area contributed by atoms with Crippen molar-refractivity contribution in [2.45, 2.75) is 37.6 Å². The molecule has 5 aliphatic rings. The Kier molecular flexibility index (Phi) is 16.8. The van der Waals surface area contributed by atoms with Gasteiger partial charge in [-0.05, 0) is 208 Å². The van der Waals surface area contributed by atoms with Gasteiger partial charge in [-0.25, -0.2) is 0 Å². The normalized spacial score (nSPS) is 15.4. The topological polar surface area (TPSA) is 11.4 Å². The molecule has 3 nitrogen and oxygen atoms in total. The number of nitrogens with zero attached hydrogens (tertiary/aromatic N) is 3. The summed E-state index contributed by atoms with van der Waals surface area (Å²) in [5.74, 6) is -0.157. The number of benzene rings is 15. The van der Waals surface area contributed by atoms with Crippen LogP contribution in [0.5, 0.6) is 0 Å². The Labute approximate surface area is 656 Å². The average molecular weight is 1430 g/mol. The molecular weight excluding hydrogens is 1350 g/mol. The molecule has 0 radical (unpaired) electrons. The van der Waals surface area contributed by atoms with E-state index in [4.69, 9.17) is 0 Å². The molecule has 0 saturated carbocycles. The molecule has 0 fully saturated rings. The summed E-state index contributed by atoms with van der Waals surface area (Å²) in [6.45, 7) is -0.314. The molecule has 4 heteroatoms. The first kappa shape index (κ1) is 66.4. The lowest BCUT2D eigenvalue weighted by Crippen LogP contribution is -2.63. The molecule has 16 aromatic rings. The number of anilines is 5. The molecule has 21 rings (SSSR count). The van der Waals surface area contributed by atoms with Crippen LogP contribution in [0.1, 0.15) is 53.9 Å². The Balaban J connectivity index is 0.944. The van der Waals surface area contributed by atoms with Crippen molar-refractivity contribution in [3.8, 4) is 83.6 Å². The minimum Gasteiger partial charge on any atom is -0.334 e. The fourth-order valence-electron chi connectivity index (χ4n) is 18.7. The molecule has 0 N–H and O–H groups in total. The van der Waals surface area contributed by atoms with Gasteiger partial charge in [0.2, 0.25) is 0 Å². The number of hydrogen-bond acceptors (Lipinski definition) is 2. The monoisotopic (exact) mass is 1430 g/mol. The summed E-state index contributed by atoms with van der Waals surface area (Å²) in [6.07, 6.45) is 25.4. The highest BCUT2D eigenvalue weighted by Gasteiger charge is 2.49. The molecule has 0 amide bonds. The average Bonchev–Trinajstić information content (AvgIpc) is 0.815. The predicted molar refractivity (Wildman–Crippen MR) is 476 cm³/mol. The third-order valence-electron chi connectivity index (χ3n) is 23.9. The quantitative estimate of drug-likeness (QED) is 0.101. The Morgan fingerprint density at radius 3 is 1.46 bits per heavy atom. The summed E-state index contributed by atoms with van der Waals surface area (Å²) in [7, 11) is 0. The smallest absolute Gasteiger partial charge is 0.252 e. The van der Waals surface area contributed by atoms with E-state index in [9.17, 15) is 0 Å². The number of para-hydroxylation sites is 3. The molecule has 0 saturated heterocycles. The molecule has 15 aromatic carbocycles. The highest BCUT2D eigenvalue weighted by atomic mass is 15.2. The van der Waals surface area contributed by atoms with Crippen LogP contribution in [-0.2, 0) is 0 Å². The maximum Gasteiger partial charge on any atom is 0.252 e. The zero-order valence-electron chi connectivity index (χ0n) is 62.2. The van der Waals surface area contributed by atoms with Crippen molar-refractivity contribution in [1.82, 2.24) is 4.57 Å². The van der Waals surface area contributed by atoms with E-state index in [1.54, 1.807) is 0 Å². The maximum absolute atomic E-state index is 2.86. The van der Waals surface area contributed by atoms with E-state index in [2.05, 4.69) is 427 Å². The minimum absolute atomic E-state index is 0.157. The van der Waals surface area contributed by atoms with Crippen molar-refractivity contribution in [3.63, 3.8) is 0 Å². The SMILES string of the molecule is C1=CCCC(c2cccc(C3C=CC=C(c4cccc(C5=CCCC=C5)c4)C3N3c4cc(-c5ccccc5)ccc4B4c5c(-c6ccccc6)cc(-c6ccccc6)cc5N(c5c(-c6cccc(-c7ccccc7)c6)cccc5-c5cccc(-c6ccccc6)c5)c5cc(-n6c7ccccc7c7ccccc76)cc3c54)c2)=C1. The van der Waals surface area contributed by atoms with Crippen LogP contribution in [0.3, 0.4) is 0 Å². The van der Waals surface area contributed by atoms with Gasteiger partial charge in [0.1, 0.15) is 0 Å². The fourth-order valence-corrected chi connectivity index (χ4v) is 18.7. The van der Waals surface area contributed by atoms with Crippen LogP contribution in [0.25, 0.3) is 122 Å². The van der Waals surface area contributed by atoms with Crippen molar-refractivity contribution in [1.29, 1.82) is 0 Å². The van der Waals surface area contributed by atoms with Gasteiger partial charge in [-0.2, -0.15) is 0 Å². The molecular formula is C108H78BN3. The second-order valence-electron chi connectivity index (χ2n) is 30.3. The summed E-state index contributed by atoms with van der Waals surface area (Å²) in [4.78, 5) is 5.62. The van der Waals surface area contributed by atoms with Crippen LogP contribution in [0.15, 0.2) is 413 Å². The lowest BCUT2D eigenvalue weighted by Gasteiger charge is -2.50. The molecule has 0 bridgehead atoms. The lowest BCUT2D eigenvalue weighted by molar-refractivity contribution is 0.706. The highest BCUT2D eigenvalue weighted by molar-refractivity contribution is 7.01. The van der Waals surface area contributed by atoms with Crippen LogP contribution >= 0.6 is 0 Å². The van der Waals surface area contributed by atoms with Crippen LogP contribution in [0, 0.1) is 0 Å². The largest absolute Gasteiger partial charge is 0.334 e. The summed E-state index contributed by atoms with van der Waals surface area (Å²) < 4.78 is 2.58. The Morgan fingerprint density at radius 2 is 0.839 bits per heavy atom. The van der Waals surface area contributed by atoms with Crippen LogP contribution in [-0.4, -0.2) is 17.3 Å². The van der Waals surface area contributed by atoms with E-state index in [1.807, 2.05) is 0 Å². The molecule has 112 heavy (non-hydrogen) atoms. The number of rotatable bonds is 14. The van der Waals surface area contributed by atoms with Crippen molar-refractivity contribution in [3.05, 3.63) is 435 Å². The molecule has 3 heterocycles. The van der Waals surface area contributed by atoms with Gasteiger partial charge >= 0.3 is 0 Å². The first-order valence-electron chi connectivity index (χ1n) is 39.6. The number of fused-ring (bicyclic) bond motifs is 7. The van der Waals surface area contributed by atoms with Gasteiger partial charge in [0, 0.05) is 50.6 Å². The number of aromatic nitrogens is 1. The van der Waals surface area contributed by atoms with E-state index in [0.29, 0.717) is 0 Å². The molecule has 2 atom stereocenters. The van der Waals surface area contributed by atoms with Gasteiger partial charge < -0.3 is 14.4 Å². The van der Waals surface area contributed by atoms with Gasteiger partial charge in [-0.15, -0.1) is 0 Å². The maximum atomic E-state index is 2.86. The van der Waals surface area contributed by atoms with Crippen molar-refractivity contribution >= 4 is 90.1 Å². The first-order chi connectivity index (χ1) is 55.6. The molecule has 1 aromatic heterocycles. The van der Waals surface area contributed by atoms with Gasteiger partial charge in [0.05, 0.1) is 28.5 Å². The van der Waals surface area contributed by atoms with Crippen LogP contribution in [0.2, 0.25) is 0 Å². The predicted octanol–water partition coefficient (Wildman–Crippen LogP) is 26.5. The Hall–Kier alpha value is -13.8. The first-order valence-corrected chi connectivity index (χ1v) is 39.6. The van der Waals surface area contributed by atoms with E-state index in [0.717, 1.165) is 121 Å². The Bertz CT molecular complexity index is 6420. The third-order valence-corrected chi connectivity index (χ3v) is 23.9. The Morgan fingerprint density at radius 1 is 0.321 bits per heavy atom. The standard InChI is InChI=1S/C108H78BN3/c1-8-32-73(33-9-1)80-46-26-50-85(64-80)91-56-30-57-92(86-51-27-47-81(65-86)74-34-10-2-11-35-74)107(91)111-101-69-84(77-40-16-5-17-41-77)62-63-98(101)109-105-97(79-44-20-7-21-45-79)68-89(78-42-18-6-19-43-78)70-102(105)112(104-72-90(71-103(111)106(104)109)110-99-60-24-22-54-95(99)96-55-23-25-61-100(96)110)108-93(87-52-28-48-82(66-87)75-36-12-3-13-37-75)58-31-59-94(108)88-53-29-49-83(67-88)76-38-14-4-15-39-76/h1,3-8,10,12-32,34-72,91,107H,2,9,11,33H2. The number of allylic oxidation sites excluding steroid dienone is 10. The second-order valence-corrected chi connectivity index (χ2v) is 30.3. The van der Waals surface area contributed by atoms with Crippen molar-refractivity contribution < 1.29 is 0 Å². The van der Waals surface area contributed by atoms with Crippen molar-refractivity contribution in [2.75, 3.05) is 9.80 Å². The summed E-state index contributed by atoms with van der Waals surface area (Å²) in [6, 6.07) is 136. The third kappa shape index (κ3) is 11.7. The molecule has 0 spiro atoms. The van der Waals surface area contributed by atoms with Gasteiger partial charge in [-0.3, -0.25) is 0 Å². The molecule has 2 unspecified atom stereocenters. The van der Waals surface area contributed by atoms with E-state index in [1.165, 1.54) is 94.1 Å². The zero-order valence-corrected chi connectivity index (χ0v) is 62.2. The minimum atomic E-state index is -0.317. The van der Waals surface area contributed by atoms with Gasteiger partial charge in [-0.1, -0.05) is 352 Å². The highest BCUT2D eigenvalue weighted by Crippen LogP contribution is 2.55. The van der Waals surface area contributed by atoms with E-state index in [-0.39, 0.29) is 18.7 Å². The van der Waals surface area contributed by atoms with Gasteiger partial charge in [0.25, 0.3) is 6.71 Å². The second kappa shape index (κ2) is 28.3. The number of hydrogen-bond donors (Lipinski definition) is 0. The summed E-state index contributed by atoms with van der Waals surface area (Å²) in [5, 5.41) is 2.41. The molecule has 3 aliphatic carbocycles. The lowest BCUT2D eigenvalue weighted by atomic mass is 9.32. The zero-order chi connectivity index (χ0) is 74.0. The summed E-state index contributed by atoms with van der Waals surface area (Å²) in [5.41, 5.74) is 37.6. The van der Waals surface area contributed by atoms with Crippen LogP contribution < -0.4 is 26.2 Å². The van der Waals surface area contributed by atoms with E-state index >= 15 is 0 Å². The summed E-state index contributed by atoms with van der Waals surface area (Å²) >= 11 is 0. The molecule has 528 valence electrons. The van der Waals surface area contributed by atoms with Crippen molar-refractivity contribution in [2.24, 2.45) is 0 Å². The fraction of sp³-hybridized carbons (Fsp3) is 0.0556.